The third-order valence-electron chi connectivity index (χ3n) is 3.61. The summed E-state index contributed by atoms with van der Waals surface area (Å²) >= 11 is 0. The van der Waals surface area contributed by atoms with Crippen molar-refractivity contribution in [3.05, 3.63) is 23.8 Å². The molecule has 1 heterocycles. The number of hydrogen-bond acceptors (Lipinski definition) is 4. The number of nitrogens with zero attached hydrogens (tertiary/aromatic N) is 1. The first-order valence-electron chi connectivity index (χ1n) is 5.99. The molecule has 17 heavy (non-hydrogen) atoms. The van der Waals surface area contributed by atoms with Gasteiger partial charge in [-0.1, -0.05) is 6.07 Å². The van der Waals surface area contributed by atoms with Gasteiger partial charge in [-0.05, 0) is 43.6 Å². The molecule has 2 unspecified atom stereocenters. The number of ether oxygens (including phenoxy) is 1. The van der Waals surface area contributed by atoms with E-state index in [1.807, 2.05) is 12.1 Å². The lowest BCUT2D eigenvalue weighted by Gasteiger charge is -2.20. The van der Waals surface area contributed by atoms with Crippen LogP contribution >= 0.6 is 0 Å². The van der Waals surface area contributed by atoms with E-state index in [-0.39, 0.29) is 0 Å². The highest BCUT2D eigenvalue weighted by atomic mass is 16.5. The SMILES string of the molecule is COc1ccc(C2CC(CN)CN2C)cc1N. The molecule has 1 aromatic rings. The molecule has 1 aliphatic heterocycles. The molecule has 0 radical (unpaired) electrons. The van der Waals surface area contributed by atoms with Gasteiger partial charge in [0.25, 0.3) is 0 Å². The van der Waals surface area contributed by atoms with E-state index in [0.29, 0.717) is 17.6 Å². The number of hydrogen-bond donors (Lipinski definition) is 2. The van der Waals surface area contributed by atoms with Crippen LogP contribution in [0, 0.1) is 5.92 Å². The summed E-state index contributed by atoms with van der Waals surface area (Å²) in [5.74, 6) is 1.33. The van der Waals surface area contributed by atoms with Crippen LogP contribution in [0.25, 0.3) is 0 Å². The summed E-state index contributed by atoms with van der Waals surface area (Å²) < 4.78 is 5.17. The number of likely N-dealkylation sites (tertiary alicyclic amines) is 1. The quantitative estimate of drug-likeness (QED) is 0.773. The van der Waals surface area contributed by atoms with Gasteiger partial charge in [0.05, 0.1) is 12.8 Å². The third kappa shape index (κ3) is 2.37. The first-order chi connectivity index (χ1) is 8.15. The smallest absolute Gasteiger partial charge is 0.141 e. The standard InChI is InChI=1S/C13H21N3O/c1-16-8-9(7-14)5-12(16)10-3-4-13(17-2)11(15)6-10/h3-4,6,9,12H,5,7-8,14-15H2,1-2H3. The topological polar surface area (TPSA) is 64.5 Å². The third-order valence-corrected chi connectivity index (χ3v) is 3.61. The molecule has 0 aromatic heterocycles. The molecule has 1 saturated heterocycles. The lowest BCUT2D eigenvalue weighted by Crippen LogP contribution is -2.20. The van der Waals surface area contributed by atoms with Crippen LogP contribution in [-0.2, 0) is 0 Å². The first kappa shape index (κ1) is 12.2. The van der Waals surface area contributed by atoms with Gasteiger partial charge in [-0.3, -0.25) is 4.90 Å². The minimum atomic E-state index is 0.428. The molecule has 0 spiro atoms. The Hall–Kier alpha value is -1.26. The molecule has 1 aliphatic rings. The maximum atomic E-state index is 5.94. The van der Waals surface area contributed by atoms with Crippen LogP contribution in [0.3, 0.4) is 0 Å². The molecule has 4 N–H and O–H groups in total. The van der Waals surface area contributed by atoms with Gasteiger partial charge in [-0.15, -0.1) is 0 Å². The molecule has 2 rings (SSSR count). The van der Waals surface area contributed by atoms with E-state index in [9.17, 15) is 0 Å². The molecular formula is C13H21N3O. The number of nitrogens with two attached hydrogens (primary N) is 2. The van der Waals surface area contributed by atoms with Gasteiger partial charge in [-0.25, -0.2) is 0 Å². The highest BCUT2D eigenvalue weighted by molar-refractivity contribution is 5.54. The molecule has 1 fully saturated rings. The average Bonchev–Trinajstić information content (AvgIpc) is 2.70. The van der Waals surface area contributed by atoms with Crippen molar-refractivity contribution >= 4 is 5.69 Å². The minimum Gasteiger partial charge on any atom is -0.495 e. The molecular weight excluding hydrogens is 214 g/mol. The zero-order chi connectivity index (χ0) is 12.4. The van der Waals surface area contributed by atoms with Gasteiger partial charge in [0.2, 0.25) is 0 Å². The van der Waals surface area contributed by atoms with E-state index >= 15 is 0 Å². The Morgan fingerprint density at radius 1 is 1.47 bits per heavy atom. The molecule has 4 nitrogen and oxygen atoms in total. The van der Waals surface area contributed by atoms with Crippen molar-refractivity contribution in [1.29, 1.82) is 0 Å². The normalized spacial score (nSPS) is 25.1. The van der Waals surface area contributed by atoms with Gasteiger partial charge in [0.15, 0.2) is 0 Å². The lowest BCUT2D eigenvalue weighted by atomic mass is 9.99. The summed E-state index contributed by atoms with van der Waals surface area (Å²) in [7, 11) is 3.78. The van der Waals surface area contributed by atoms with Crippen LogP contribution in [0.5, 0.6) is 5.75 Å². The van der Waals surface area contributed by atoms with Crippen LogP contribution in [0.15, 0.2) is 18.2 Å². The van der Waals surface area contributed by atoms with E-state index in [0.717, 1.165) is 25.3 Å². The predicted molar refractivity (Wildman–Crippen MR) is 69.9 cm³/mol. The number of methoxy groups -OCH3 is 1. The van der Waals surface area contributed by atoms with Crippen LogP contribution in [0.2, 0.25) is 0 Å². The van der Waals surface area contributed by atoms with E-state index in [1.54, 1.807) is 7.11 Å². The second-order valence-corrected chi connectivity index (χ2v) is 4.79. The predicted octanol–water partition coefficient (Wildman–Crippen LogP) is 1.23. The van der Waals surface area contributed by atoms with Crippen molar-refractivity contribution in [3.63, 3.8) is 0 Å². The Bertz CT molecular complexity index is 394. The summed E-state index contributed by atoms with van der Waals surface area (Å²) in [5.41, 5.74) is 13.6. The van der Waals surface area contributed by atoms with E-state index < -0.39 is 0 Å². The second-order valence-electron chi connectivity index (χ2n) is 4.79. The maximum absolute atomic E-state index is 5.94. The molecule has 4 heteroatoms. The number of rotatable bonds is 3. The van der Waals surface area contributed by atoms with Crippen LogP contribution in [0.1, 0.15) is 18.0 Å². The Morgan fingerprint density at radius 3 is 2.76 bits per heavy atom. The fourth-order valence-electron chi connectivity index (χ4n) is 2.63. The van der Waals surface area contributed by atoms with Crippen molar-refractivity contribution in [2.24, 2.45) is 11.7 Å². The van der Waals surface area contributed by atoms with E-state index in [2.05, 4.69) is 18.0 Å². The highest BCUT2D eigenvalue weighted by Gasteiger charge is 2.29. The lowest BCUT2D eigenvalue weighted by molar-refractivity contribution is 0.313. The fraction of sp³-hybridized carbons (Fsp3) is 0.538. The van der Waals surface area contributed by atoms with Crippen LogP contribution in [0.4, 0.5) is 5.69 Å². The zero-order valence-corrected chi connectivity index (χ0v) is 10.5. The largest absolute Gasteiger partial charge is 0.495 e. The van der Waals surface area contributed by atoms with Crippen molar-refractivity contribution in [2.45, 2.75) is 12.5 Å². The average molecular weight is 235 g/mol. The Morgan fingerprint density at radius 2 is 2.24 bits per heavy atom. The molecule has 2 atom stereocenters. The van der Waals surface area contributed by atoms with Gasteiger partial charge < -0.3 is 16.2 Å². The fourth-order valence-corrected chi connectivity index (χ4v) is 2.63. The molecule has 0 bridgehead atoms. The summed E-state index contributed by atoms with van der Waals surface area (Å²) in [6.45, 7) is 1.82. The summed E-state index contributed by atoms with van der Waals surface area (Å²) in [6, 6.07) is 6.47. The molecule has 0 saturated carbocycles. The van der Waals surface area contributed by atoms with Gasteiger partial charge in [0, 0.05) is 12.6 Å². The van der Waals surface area contributed by atoms with Crippen LogP contribution < -0.4 is 16.2 Å². The highest BCUT2D eigenvalue weighted by Crippen LogP contribution is 2.36. The zero-order valence-electron chi connectivity index (χ0n) is 10.5. The Labute approximate surface area is 103 Å². The van der Waals surface area contributed by atoms with Gasteiger partial charge in [0.1, 0.15) is 5.75 Å². The van der Waals surface area contributed by atoms with E-state index in [1.165, 1.54) is 5.56 Å². The van der Waals surface area contributed by atoms with Crippen LogP contribution in [-0.4, -0.2) is 32.1 Å². The molecule has 0 amide bonds. The maximum Gasteiger partial charge on any atom is 0.141 e. The Kier molecular flexibility index (Phi) is 3.54. The summed E-state index contributed by atoms with van der Waals surface area (Å²) in [5, 5.41) is 0. The molecule has 1 aromatic carbocycles. The minimum absolute atomic E-state index is 0.428. The summed E-state index contributed by atoms with van der Waals surface area (Å²) in [4.78, 5) is 2.35. The molecule has 0 aliphatic carbocycles. The number of anilines is 1. The second kappa shape index (κ2) is 4.94. The van der Waals surface area contributed by atoms with Gasteiger partial charge in [-0.2, -0.15) is 0 Å². The van der Waals surface area contributed by atoms with Crippen molar-refractivity contribution in [1.82, 2.24) is 4.90 Å². The number of benzene rings is 1. The van der Waals surface area contributed by atoms with E-state index in [4.69, 9.17) is 16.2 Å². The van der Waals surface area contributed by atoms with Crippen molar-refractivity contribution in [3.8, 4) is 5.75 Å². The Balaban J connectivity index is 2.20. The first-order valence-corrected chi connectivity index (χ1v) is 5.99. The van der Waals surface area contributed by atoms with Crippen molar-refractivity contribution < 1.29 is 4.74 Å². The summed E-state index contributed by atoms with van der Waals surface area (Å²) in [6.07, 6.45) is 1.11. The van der Waals surface area contributed by atoms with Crippen molar-refractivity contribution in [2.75, 3.05) is 33.0 Å². The van der Waals surface area contributed by atoms with Gasteiger partial charge >= 0.3 is 0 Å². The molecule has 94 valence electrons. The number of nitrogen functional groups attached to an aromatic ring is 1. The monoisotopic (exact) mass is 235 g/mol.